The van der Waals surface area contributed by atoms with Gasteiger partial charge in [0.25, 0.3) is 0 Å². The molecule has 2 rings (SSSR count). The van der Waals surface area contributed by atoms with Crippen molar-refractivity contribution in [2.75, 3.05) is 7.11 Å². The number of rotatable bonds is 4. The number of ether oxygens (including phenoxy) is 1. The first kappa shape index (κ1) is 13.6. The molecule has 19 heavy (non-hydrogen) atoms. The van der Waals surface area contributed by atoms with Gasteiger partial charge in [0.1, 0.15) is 5.75 Å². The standard InChI is InChI=1S/C15H20N2O2/c1-15(2,3)16-10-12-9-14(19-17-12)11-5-7-13(18-4)8-6-11/h5-9,16H,10H2,1-4H3. The number of aromatic nitrogens is 1. The molecule has 2 aromatic rings. The Morgan fingerprint density at radius 2 is 1.89 bits per heavy atom. The summed E-state index contributed by atoms with van der Waals surface area (Å²) in [6.45, 7) is 7.07. The number of hydrogen-bond acceptors (Lipinski definition) is 4. The SMILES string of the molecule is COc1ccc(-c2cc(CNC(C)(C)C)no2)cc1. The Bertz CT molecular complexity index is 524. The van der Waals surface area contributed by atoms with E-state index in [9.17, 15) is 0 Å². The molecule has 102 valence electrons. The third-order valence-corrected chi connectivity index (χ3v) is 2.73. The van der Waals surface area contributed by atoms with Crippen LogP contribution in [0.4, 0.5) is 0 Å². The summed E-state index contributed by atoms with van der Waals surface area (Å²) in [5.41, 5.74) is 1.97. The molecule has 0 aliphatic carbocycles. The molecular weight excluding hydrogens is 240 g/mol. The molecule has 0 atom stereocenters. The smallest absolute Gasteiger partial charge is 0.167 e. The van der Waals surface area contributed by atoms with Gasteiger partial charge in [-0.25, -0.2) is 0 Å². The zero-order valence-electron chi connectivity index (χ0n) is 11.9. The molecule has 0 saturated heterocycles. The molecule has 4 heteroatoms. The normalized spacial score (nSPS) is 11.6. The molecule has 0 radical (unpaired) electrons. The Labute approximate surface area is 113 Å². The van der Waals surface area contributed by atoms with Crippen molar-refractivity contribution < 1.29 is 9.26 Å². The van der Waals surface area contributed by atoms with Gasteiger partial charge in [-0.3, -0.25) is 0 Å². The van der Waals surface area contributed by atoms with Gasteiger partial charge in [-0.2, -0.15) is 0 Å². The number of nitrogens with one attached hydrogen (secondary N) is 1. The summed E-state index contributed by atoms with van der Waals surface area (Å²) in [7, 11) is 1.65. The first-order chi connectivity index (χ1) is 8.98. The maximum atomic E-state index is 5.36. The van der Waals surface area contributed by atoms with Crippen molar-refractivity contribution >= 4 is 0 Å². The number of methoxy groups -OCH3 is 1. The van der Waals surface area contributed by atoms with Crippen LogP contribution in [0.25, 0.3) is 11.3 Å². The largest absolute Gasteiger partial charge is 0.497 e. The summed E-state index contributed by atoms with van der Waals surface area (Å²) in [5, 5.41) is 7.45. The minimum absolute atomic E-state index is 0.0687. The van der Waals surface area contributed by atoms with Crippen molar-refractivity contribution in [2.45, 2.75) is 32.9 Å². The Morgan fingerprint density at radius 3 is 2.47 bits per heavy atom. The average molecular weight is 260 g/mol. The monoisotopic (exact) mass is 260 g/mol. The molecule has 1 aromatic carbocycles. The van der Waals surface area contributed by atoms with Crippen LogP contribution in [0.3, 0.4) is 0 Å². The highest BCUT2D eigenvalue weighted by Crippen LogP contribution is 2.23. The van der Waals surface area contributed by atoms with Gasteiger partial charge >= 0.3 is 0 Å². The topological polar surface area (TPSA) is 47.3 Å². The Balaban J connectivity index is 2.07. The molecule has 0 saturated carbocycles. The van der Waals surface area contributed by atoms with Gasteiger partial charge in [-0.15, -0.1) is 0 Å². The summed E-state index contributed by atoms with van der Waals surface area (Å²) in [6.07, 6.45) is 0. The lowest BCUT2D eigenvalue weighted by atomic mass is 10.1. The van der Waals surface area contributed by atoms with Gasteiger partial charge < -0.3 is 14.6 Å². The van der Waals surface area contributed by atoms with Crippen LogP contribution in [0.2, 0.25) is 0 Å². The molecule has 0 amide bonds. The van der Waals surface area contributed by atoms with Gasteiger partial charge in [0, 0.05) is 23.7 Å². The van der Waals surface area contributed by atoms with E-state index in [0.29, 0.717) is 6.54 Å². The lowest BCUT2D eigenvalue weighted by Crippen LogP contribution is -2.35. The molecule has 0 fully saturated rings. The number of benzene rings is 1. The highest BCUT2D eigenvalue weighted by Gasteiger charge is 2.11. The lowest BCUT2D eigenvalue weighted by Gasteiger charge is -2.19. The molecular formula is C15H20N2O2. The van der Waals surface area contributed by atoms with E-state index in [4.69, 9.17) is 9.26 Å². The second-order valence-corrected chi connectivity index (χ2v) is 5.51. The molecule has 1 N–H and O–H groups in total. The molecule has 0 spiro atoms. The summed E-state index contributed by atoms with van der Waals surface area (Å²) in [6, 6.07) is 9.69. The second kappa shape index (κ2) is 5.45. The second-order valence-electron chi connectivity index (χ2n) is 5.51. The van der Waals surface area contributed by atoms with Crippen LogP contribution >= 0.6 is 0 Å². The van der Waals surface area contributed by atoms with E-state index < -0.39 is 0 Å². The van der Waals surface area contributed by atoms with E-state index >= 15 is 0 Å². The molecule has 4 nitrogen and oxygen atoms in total. The predicted molar refractivity (Wildman–Crippen MR) is 75.1 cm³/mol. The van der Waals surface area contributed by atoms with Crippen LogP contribution in [0.15, 0.2) is 34.9 Å². The van der Waals surface area contributed by atoms with Crippen LogP contribution in [0.1, 0.15) is 26.5 Å². The molecule has 1 aromatic heterocycles. The highest BCUT2D eigenvalue weighted by molar-refractivity contribution is 5.58. The van der Waals surface area contributed by atoms with Crippen molar-refractivity contribution in [1.29, 1.82) is 0 Å². The minimum atomic E-state index is 0.0687. The fraction of sp³-hybridized carbons (Fsp3) is 0.400. The van der Waals surface area contributed by atoms with Gasteiger partial charge in [0.2, 0.25) is 0 Å². The van der Waals surface area contributed by atoms with Crippen molar-refractivity contribution in [3.63, 3.8) is 0 Å². The Morgan fingerprint density at radius 1 is 1.21 bits per heavy atom. The quantitative estimate of drug-likeness (QED) is 0.916. The third kappa shape index (κ3) is 3.83. The van der Waals surface area contributed by atoms with Crippen LogP contribution in [0, 0.1) is 0 Å². The van der Waals surface area contributed by atoms with Crippen molar-refractivity contribution in [3.05, 3.63) is 36.0 Å². The number of nitrogens with zero attached hydrogens (tertiary/aromatic N) is 1. The summed E-state index contributed by atoms with van der Waals surface area (Å²) < 4.78 is 10.5. The van der Waals surface area contributed by atoms with E-state index in [0.717, 1.165) is 22.8 Å². The van der Waals surface area contributed by atoms with Crippen molar-refractivity contribution in [1.82, 2.24) is 10.5 Å². The summed E-state index contributed by atoms with van der Waals surface area (Å²) in [5.74, 6) is 1.60. The van der Waals surface area contributed by atoms with E-state index in [1.54, 1.807) is 7.11 Å². The first-order valence-electron chi connectivity index (χ1n) is 6.33. The van der Waals surface area contributed by atoms with Crippen LogP contribution < -0.4 is 10.1 Å². The van der Waals surface area contributed by atoms with Crippen molar-refractivity contribution in [3.8, 4) is 17.1 Å². The molecule has 0 aliphatic heterocycles. The predicted octanol–water partition coefficient (Wildman–Crippen LogP) is 3.24. The fourth-order valence-corrected chi connectivity index (χ4v) is 1.64. The maximum Gasteiger partial charge on any atom is 0.167 e. The Kier molecular flexibility index (Phi) is 3.90. The van der Waals surface area contributed by atoms with Gasteiger partial charge in [0.05, 0.1) is 12.8 Å². The van der Waals surface area contributed by atoms with Crippen LogP contribution in [-0.4, -0.2) is 17.8 Å². The Hall–Kier alpha value is -1.81. The maximum absolute atomic E-state index is 5.36. The summed E-state index contributed by atoms with van der Waals surface area (Å²) in [4.78, 5) is 0. The molecule has 1 heterocycles. The van der Waals surface area contributed by atoms with Crippen LogP contribution in [0.5, 0.6) is 5.75 Å². The van der Waals surface area contributed by atoms with E-state index in [-0.39, 0.29) is 5.54 Å². The van der Waals surface area contributed by atoms with Gasteiger partial charge in [-0.1, -0.05) is 5.16 Å². The van der Waals surface area contributed by atoms with E-state index in [1.807, 2.05) is 30.3 Å². The van der Waals surface area contributed by atoms with Crippen molar-refractivity contribution in [2.24, 2.45) is 0 Å². The molecule has 0 unspecified atom stereocenters. The van der Waals surface area contributed by atoms with Crippen LogP contribution in [-0.2, 0) is 6.54 Å². The third-order valence-electron chi connectivity index (χ3n) is 2.73. The molecule has 0 bridgehead atoms. The zero-order valence-corrected chi connectivity index (χ0v) is 11.9. The van der Waals surface area contributed by atoms with E-state index in [2.05, 4.69) is 31.2 Å². The van der Waals surface area contributed by atoms with Gasteiger partial charge in [-0.05, 0) is 45.0 Å². The fourth-order valence-electron chi connectivity index (χ4n) is 1.64. The zero-order chi connectivity index (χ0) is 13.9. The molecule has 0 aliphatic rings. The van der Waals surface area contributed by atoms with Gasteiger partial charge in [0.15, 0.2) is 5.76 Å². The number of hydrogen-bond donors (Lipinski definition) is 1. The first-order valence-corrected chi connectivity index (χ1v) is 6.33. The highest BCUT2D eigenvalue weighted by atomic mass is 16.5. The lowest BCUT2D eigenvalue weighted by molar-refractivity contribution is 0.392. The minimum Gasteiger partial charge on any atom is -0.497 e. The summed E-state index contributed by atoms with van der Waals surface area (Å²) >= 11 is 0. The average Bonchev–Trinajstić information content (AvgIpc) is 2.84. The van der Waals surface area contributed by atoms with E-state index in [1.165, 1.54) is 0 Å².